The minimum atomic E-state index is 0.639. The summed E-state index contributed by atoms with van der Waals surface area (Å²) < 4.78 is 0. The molecule has 0 rings (SSSR count). The lowest BCUT2D eigenvalue weighted by Gasteiger charge is -2.30. The van der Waals surface area contributed by atoms with Crippen LogP contribution in [-0.2, 0) is 0 Å². The van der Waals surface area contributed by atoms with Gasteiger partial charge in [0.25, 0.3) is 0 Å². The lowest BCUT2D eigenvalue weighted by atomic mass is 9.75. The Morgan fingerprint density at radius 3 is 0.846 bits per heavy atom. The highest BCUT2D eigenvalue weighted by Crippen LogP contribution is 2.36. The van der Waals surface area contributed by atoms with Crippen LogP contribution in [-0.4, -0.2) is 0 Å². The van der Waals surface area contributed by atoms with E-state index in [-0.39, 0.29) is 0 Å². The van der Waals surface area contributed by atoms with Gasteiger partial charge in [0.1, 0.15) is 0 Å². The van der Waals surface area contributed by atoms with E-state index >= 15 is 0 Å². The zero-order chi connectivity index (χ0) is 19.3. The molecule has 158 valence electrons. The predicted molar refractivity (Wildman–Crippen MR) is 122 cm³/mol. The molecule has 0 saturated heterocycles. The highest BCUT2D eigenvalue weighted by molar-refractivity contribution is 4.75. The van der Waals surface area contributed by atoms with Crippen molar-refractivity contribution in [3.63, 3.8) is 0 Å². The van der Waals surface area contributed by atoms with Crippen LogP contribution >= 0.6 is 0 Å². The van der Waals surface area contributed by atoms with Gasteiger partial charge in [0.2, 0.25) is 0 Å². The van der Waals surface area contributed by atoms with Crippen LogP contribution in [0.15, 0.2) is 0 Å². The molecular weight excluding hydrogens is 312 g/mol. The summed E-state index contributed by atoms with van der Waals surface area (Å²) in [7, 11) is 0. The summed E-state index contributed by atoms with van der Waals surface area (Å²) in [5, 5.41) is 0. The van der Waals surface area contributed by atoms with Crippen molar-refractivity contribution in [1.82, 2.24) is 0 Å². The largest absolute Gasteiger partial charge is 0.0654 e. The monoisotopic (exact) mass is 366 g/mol. The van der Waals surface area contributed by atoms with Gasteiger partial charge in [0.15, 0.2) is 0 Å². The Balaban J connectivity index is 4.02. The molecule has 0 spiro atoms. The second kappa shape index (κ2) is 19.8. The molecule has 0 unspecified atom stereocenters. The molecule has 0 aliphatic carbocycles. The molecule has 0 aromatic rings. The van der Waals surface area contributed by atoms with Gasteiger partial charge in [-0.05, 0) is 24.7 Å². The first-order chi connectivity index (χ1) is 12.7. The smallest absolute Gasteiger partial charge is 0.0326 e. The van der Waals surface area contributed by atoms with Crippen LogP contribution in [0.3, 0.4) is 0 Å². The Hall–Kier alpha value is 0. The SMILES string of the molecule is CCCCCCCCC(C)(CCCCCCCC)CCCCCCCC. The quantitative estimate of drug-likeness (QED) is 0.177. The summed E-state index contributed by atoms with van der Waals surface area (Å²) in [5.41, 5.74) is 0.639. The highest BCUT2D eigenvalue weighted by Gasteiger charge is 2.22. The van der Waals surface area contributed by atoms with Gasteiger partial charge in [-0.25, -0.2) is 0 Å². The van der Waals surface area contributed by atoms with Crippen LogP contribution in [0.25, 0.3) is 0 Å². The molecule has 0 saturated carbocycles. The minimum Gasteiger partial charge on any atom is -0.0654 e. The summed E-state index contributed by atoms with van der Waals surface area (Å²) in [6.45, 7) is 9.57. The van der Waals surface area contributed by atoms with E-state index in [1.54, 1.807) is 0 Å². The van der Waals surface area contributed by atoms with Gasteiger partial charge in [-0.15, -0.1) is 0 Å². The van der Waals surface area contributed by atoms with Crippen LogP contribution in [0.5, 0.6) is 0 Å². The third-order valence-corrected chi connectivity index (χ3v) is 6.40. The van der Waals surface area contributed by atoms with Crippen molar-refractivity contribution in [3.8, 4) is 0 Å². The van der Waals surface area contributed by atoms with Crippen molar-refractivity contribution in [2.24, 2.45) is 5.41 Å². The third-order valence-electron chi connectivity index (χ3n) is 6.40. The van der Waals surface area contributed by atoms with Gasteiger partial charge < -0.3 is 0 Å². The highest BCUT2D eigenvalue weighted by atomic mass is 14.3. The van der Waals surface area contributed by atoms with Gasteiger partial charge in [-0.1, -0.05) is 143 Å². The first-order valence-electron chi connectivity index (χ1n) is 12.7. The maximum atomic E-state index is 2.62. The Bertz CT molecular complexity index is 214. The lowest BCUT2D eigenvalue weighted by Crippen LogP contribution is -2.16. The molecule has 0 heterocycles. The van der Waals surface area contributed by atoms with Gasteiger partial charge in [-0.3, -0.25) is 0 Å². The topological polar surface area (TPSA) is 0 Å². The van der Waals surface area contributed by atoms with Crippen molar-refractivity contribution in [2.45, 2.75) is 163 Å². The number of unbranched alkanes of at least 4 members (excludes halogenated alkanes) is 15. The number of hydrogen-bond donors (Lipinski definition) is 0. The third kappa shape index (κ3) is 17.4. The van der Waals surface area contributed by atoms with Gasteiger partial charge in [0, 0.05) is 0 Å². The van der Waals surface area contributed by atoms with E-state index in [2.05, 4.69) is 27.7 Å². The summed E-state index contributed by atoms with van der Waals surface area (Å²) in [4.78, 5) is 0. The summed E-state index contributed by atoms with van der Waals surface area (Å²) >= 11 is 0. The van der Waals surface area contributed by atoms with E-state index in [4.69, 9.17) is 0 Å². The molecule has 0 heteroatoms. The molecule has 26 heavy (non-hydrogen) atoms. The molecule has 0 bridgehead atoms. The molecule has 0 aliphatic heterocycles. The fraction of sp³-hybridized carbons (Fsp3) is 1.00. The average molecular weight is 367 g/mol. The van der Waals surface area contributed by atoms with Crippen molar-refractivity contribution < 1.29 is 0 Å². The van der Waals surface area contributed by atoms with Crippen molar-refractivity contribution >= 4 is 0 Å². The zero-order valence-electron chi connectivity index (χ0n) is 19.3. The Labute approximate surface area is 168 Å². The lowest BCUT2D eigenvalue weighted by molar-refractivity contribution is 0.222. The molecule has 0 aromatic heterocycles. The van der Waals surface area contributed by atoms with Gasteiger partial charge in [0.05, 0.1) is 0 Å². The molecule has 0 N–H and O–H groups in total. The maximum absolute atomic E-state index is 2.62. The predicted octanol–water partition coefficient (Wildman–Crippen LogP) is 10.2. The number of rotatable bonds is 21. The number of hydrogen-bond acceptors (Lipinski definition) is 0. The van der Waals surface area contributed by atoms with Crippen LogP contribution in [0.2, 0.25) is 0 Å². The van der Waals surface area contributed by atoms with Crippen molar-refractivity contribution in [3.05, 3.63) is 0 Å². The normalized spacial score (nSPS) is 12.0. The van der Waals surface area contributed by atoms with Crippen LogP contribution in [0, 0.1) is 5.41 Å². The Morgan fingerprint density at radius 1 is 0.346 bits per heavy atom. The molecule has 0 aromatic carbocycles. The minimum absolute atomic E-state index is 0.639. The maximum Gasteiger partial charge on any atom is -0.0326 e. The first kappa shape index (κ1) is 26.0. The fourth-order valence-electron chi connectivity index (χ4n) is 4.37. The summed E-state index contributed by atoms with van der Waals surface area (Å²) in [6, 6.07) is 0. The fourth-order valence-corrected chi connectivity index (χ4v) is 4.37. The average Bonchev–Trinajstić information content (AvgIpc) is 2.64. The van der Waals surface area contributed by atoms with Gasteiger partial charge in [-0.2, -0.15) is 0 Å². The molecule has 0 aliphatic rings. The standard InChI is InChI=1S/C26H54/c1-5-8-11-14-17-20-23-26(4,24-21-18-15-12-9-6-2)25-22-19-16-13-10-7-3/h5-25H2,1-4H3. The molecule has 0 fully saturated rings. The van der Waals surface area contributed by atoms with E-state index in [9.17, 15) is 0 Å². The summed E-state index contributed by atoms with van der Waals surface area (Å²) in [5.74, 6) is 0. The van der Waals surface area contributed by atoms with Crippen LogP contribution in [0.4, 0.5) is 0 Å². The van der Waals surface area contributed by atoms with Crippen LogP contribution < -0.4 is 0 Å². The molecule has 0 amide bonds. The first-order valence-corrected chi connectivity index (χ1v) is 12.7. The zero-order valence-corrected chi connectivity index (χ0v) is 19.3. The molecule has 0 nitrogen and oxygen atoms in total. The molecule has 0 radical (unpaired) electrons. The summed E-state index contributed by atoms with van der Waals surface area (Å²) in [6.07, 6.45) is 30.5. The van der Waals surface area contributed by atoms with E-state index in [0.717, 1.165) is 0 Å². The van der Waals surface area contributed by atoms with Gasteiger partial charge >= 0.3 is 0 Å². The molecular formula is C26H54. The second-order valence-electron chi connectivity index (χ2n) is 9.36. The van der Waals surface area contributed by atoms with E-state index in [1.807, 2.05) is 0 Å². The second-order valence-corrected chi connectivity index (χ2v) is 9.36. The van der Waals surface area contributed by atoms with E-state index in [0.29, 0.717) is 5.41 Å². The van der Waals surface area contributed by atoms with E-state index < -0.39 is 0 Å². The van der Waals surface area contributed by atoms with Crippen molar-refractivity contribution in [1.29, 1.82) is 0 Å². The molecule has 0 atom stereocenters. The van der Waals surface area contributed by atoms with Crippen LogP contribution in [0.1, 0.15) is 163 Å². The van der Waals surface area contributed by atoms with Crippen molar-refractivity contribution in [2.75, 3.05) is 0 Å². The Kier molecular flexibility index (Phi) is 19.8. The Morgan fingerprint density at radius 2 is 0.577 bits per heavy atom. The van der Waals surface area contributed by atoms with E-state index in [1.165, 1.54) is 135 Å².